The number of sulfonamides is 1. The Balaban J connectivity index is 1.80. The fourth-order valence-corrected chi connectivity index (χ4v) is 5.04. The first-order valence-electron chi connectivity index (χ1n) is 12.0. The first kappa shape index (κ1) is 26.4. The van der Waals surface area contributed by atoms with Crippen LogP contribution in [-0.2, 0) is 14.8 Å². The Morgan fingerprint density at radius 3 is 2.43 bits per heavy atom. The number of hydrogen-bond acceptors (Lipinski definition) is 6. The van der Waals surface area contributed by atoms with Crippen LogP contribution in [0.4, 0.5) is 5.69 Å². The summed E-state index contributed by atoms with van der Waals surface area (Å²) in [5.74, 6) is -1.67. The van der Waals surface area contributed by atoms with Crippen LogP contribution in [-0.4, -0.2) is 41.2 Å². The molecule has 1 amide bonds. The number of rotatable bonds is 10. The van der Waals surface area contributed by atoms with Gasteiger partial charge in [0.05, 0.1) is 5.69 Å². The Labute approximate surface area is 215 Å². The standard InChI is InChI=1S/C26H30N4O6S/c1-5-16(3)24(31)27-19-10-13-21(22(14-19)37(34,35)29-18-8-9-18)36-25-17(4)23(26(32)33)28-30(25)20-11-6-15(2)7-12-20/h6-7,10-14,16,18,29H,5,8-9H2,1-4H3,(H,27,31)(H,32,33)/t16-/m1/s1. The van der Waals surface area contributed by atoms with Crippen LogP contribution < -0.4 is 14.8 Å². The summed E-state index contributed by atoms with van der Waals surface area (Å²) in [4.78, 5) is 24.1. The molecule has 2 aromatic carbocycles. The lowest BCUT2D eigenvalue weighted by atomic mass is 10.1. The van der Waals surface area contributed by atoms with Crippen molar-refractivity contribution < 1.29 is 27.9 Å². The van der Waals surface area contributed by atoms with Gasteiger partial charge in [-0.05, 0) is 63.4 Å². The van der Waals surface area contributed by atoms with E-state index in [1.54, 1.807) is 32.0 Å². The van der Waals surface area contributed by atoms with E-state index in [0.717, 1.165) is 18.4 Å². The van der Waals surface area contributed by atoms with E-state index in [0.29, 0.717) is 17.8 Å². The molecular formula is C26H30N4O6S. The molecule has 4 rings (SSSR count). The Hall–Kier alpha value is -3.70. The number of aryl methyl sites for hydroxylation is 1. The van der Waals surface area contributed by atoms with E-state index in [4.69, 9.17) is 4.74 Å². The molecule has 0 aliphatic heterocycles. The number of carbonyl (C=O) groups is 2. The van der Waals surface area contributed by atoms with E-state index in [-0.39, 0.29) is 45.6 Å². The number of benzene rings is 2. The predicted octanol–water partition coefficient (Wildman–Crippen LogP) is 4.40. The molecule has 1 atom stereocenters. The highest BCUT2D eigenvalue weighted by atomic mass is 32.2. The van der Waals surface area contributed by atoms with Gasteiger partial charge in [-0.3, -0.25) is 4.79 Å². The van der Waals surface area contributed by atoms with Crippen molar-refractivity contribution in [1.82, 2.24) is 14.5 Å². The maximum atomic E-state index is 13.3. The quantitative estimate of drug-likeness (QED) is 0.356. The molecule has 1 fully saturated rings. The number of amides is 1. The number of nitrogens with one attached hydrogen (secondary N) is 2. The summed E-state index contributed by atoms with van der Waals surface area (Å²) in [6, 6.07) is 11.4. The van der Waals surface area contributed by atoms with Gasteiger partial charge in [0.1, 0.15) is 10.6 Å². The lowest BCUT2D eigenvalue weighted by Gasteiger charge is -2.16. The molecule has 3 aromatic rings. The topological polar surface area (TPSA) is 140 Å². The number of ether oxygens (including phenoxy) is 1. The summed E-state index contributed by atoms with van der Waals surface area (Å²) < 4.78 is 36.7. The van der Waals surface area contributed by atoms with Crippen LogP contribution in [0, 0.1) is 19.8 Å². The molecule has 1 aliphatic carbocycles. The van der Waals surface area contributed by atoms with Crippen molar-refractivity contribution in [3.63, 3.8) is 0 Å². The molecule has 196 valence electrons. The second-order valence-corrected chi connectivity index (χ2v) is 11.0. The Morgan fingerprint density at radius 2 is 1.84 bits per heavy atom. The van der Waals surface area contributed by atoms with E-state index in [2.05, 4.69) is 15.1 Å². The fourth-order valence-electron chi connectivity index (χ4n) is 3.58. The fraction of sp³-hybridized carbons (Fsp3) is 0.346. The van der Waals surface area contributed by atoms with Crippen molar-refractivity contribution in [2.75, 3.05) is 5.32 Å². The molecule has 1 heterocycles. The van der Waals surface area contributed by atoms with E-state index in [1.165, 1.54) is 16.8 Å². The van der Waals surface area contributed by atoms with E-state index in [9.17, 15) is 23.1 Å². The predicted molar refractivity (Wildman–Crippen MR) is 138 cm³/mol. The zero-order chi connectivity index (χ0) is 26.9. The Morgan fingerprint density at radius 1 is 1.16 bits per heavy atom. The normalized spacial score (nSPS) is 14.3. The van der Waals surface area contributed by atoms with Crippen molar-refractivity contribution >= 4 is 27.6 Å². The van der Waals surface area contributed by atoms with Gasteiger partial charge in [0.2, 0.25) is 21.8 Å². The van der Waals surface area contributed by atoms with E-state index >= 15 is 0 Å². The molecule has 3 N–H and O–H groups in total. The molecular weight excluding hydrogens is 496 g/mol. The number of carboxylic acids is 1. The first-order chi connectivity index (χ1) is 17.5. The molecule has 37 heavy (non-hydrogen) atoms. The van der Waals surface area contributed by atoms with E-state index in [1.807, 2.05) is 26.0 Å². The molecule has 0 bridgehead atoms. The highest BCUT2D eigenvalue weighted by molar-refractivity contribution is 7.89. The number of hydrogen-bond donors (Lipinski definition) is 3. The summed E-state index contributed by atoms with van der Waals surface area (Å²) in [6.07, 6.45) is 2.11. The third kappa shape index (κ3) is 5.83. The van der Waals surface area contributed by atoms with Crippen LogP contribution in [0.3, 0.4) is 0 Å². The van der Waals surface area contributed by atoms with Crippen LogP contribution in [0.2, 0.25) is 0 Å². The van der Waals surface area contributed by atoms with Gasteiger partial charge in [0.15, 0.2) is 5.69 Å². The smallest absolute Gasteiger partial charge is 0.356 e. The second-order valence-electron chi connectivity index (χ2n) is 9.29. The summed E-state index contributed by atoms with van der Waals surface area (Å²) in [5, 5.41) is 16.6. The van der Waals surface area contributed by atoms with Crippen molar-refractivity contribution in [2.45, 2.75) is 57.9 Å². The van der Waals surface area contributed by atoms with Gasteiger partial charge in [-0.2, -0.15) is 9.78 Å². The number of carboxylic acid groups (broad SMARTS) is 1. The summed E-state index contributed by atoms with van der Waals surface area (Å²) in [5.41, 5.74) is 1.88. The summed E-state index contributed by atoms with van der Waals surface area (Å²) >= 11 is 0. The molecule has 0 radical (unpaired) electrons. The molecule has 0 spiro atoms. The molecule has 1 aliphatic rings. The average Bonchev–Trinajstić information content (AvgIpc) is 3.60. The molecule has 0 unspecified atom stereocenters. The highest BCUT2D eigenvalue weighted by Gasteiger charge is 2.31. The minimum absolute atomic E-state index is 0.0250. The minimum Gasteiger partial charge on any atom is -0.476 e. The van der Waals surface area contributed by atoms with Crippen molar-refractivity contribution in [1.29, 1.82) is 0 Å². The lowest BCUT2D eigenvalue weighted by molar-refractivity contribution is -0.119. The monoisotopic (exact) mass is 526 g/mol. The zero-order valence-corrected chi connectivity index (χ0v) is 21.9. The SMILES string of the molecule is CC[C@@H](C)C(=O)Nc1ccc(Oc2c(C)c(C(=O)O)nn2-c2ccc(C)cc2)c(S(=O)(=O)NC2CC2)c1. The van der Waals surface area contributed by atoms with Crippen LogP contribution in [0.1, 0.15) is 54.7 Å². The number of carbonyl (C=O) groups excluding carboxylic acids is 1. The molecule has 11 heteroatoms. The average molecular weight is 527 g/mol. The van der Waals surface area contributed by atoms with Crippen molar-refractivity contribution in [3.05, 3.63) is 59.3 Å². The van der Waals surface area contributed by atoms with Gasteiger partial charge in [-0.25, -0.2) is 17.9 Å². The highest BCUT2D eigenvalue weighted by Crippen LogP contribution is 2.36. The number of anilines is 1. The number of nitrogens with zero attached hydrogens (tertiary/aromatic N) is 2. The summed E-state index contributed by atoms with van der Waals surface area (Å²) in [7, 11) is -4.01. The third-order valence-electron chi connectivity index (χ3n) is 6.22. The van der Waals surface area contributed by atoms with Crippen LogP contribution in [0.5, 0.6) is 11.6 Å². The van der Waals surface area contributed by atoms with Gasteiger partial charge < -0.3 is 15.2 Å². The Bertz CT molecular complexity index is 1440. The third-order valence-corrected chi connectivity index (χ3v) is 7.76. The number of aromatic nitrogens is 2. The van der Waals surface area contributed by atoms with Crippen LogP contribution in [0.25, 0.3) is 5.69 Å². The lowest BCUT2D eigenvalue weighted by Crippen LogP contribution is -2.26. The van der Waals surface area contributed by atoms with Crippen molar-refractivity contribution in [3.8, 4) is 17.3 Å². The molecule has 1 aromatic heterocycles. The van der Waals surface area contributed by atoms with Crippen molar-refractivity contribution in [2.24, 2.45) is 5.92 Å². The maximum absolute atomic E-state index is 13.3. The van der Waals surface area contributed by atoms with Crippen LogP contribution in [0.15, 0.2) is 47.4 Å². The largest absolute Gasteiger partial charge is 0.476 e. The number of aromatic carboxylic acids is 1. The second kappa shape index (κ2) is 10.3. The first-order valence-corrected chi connectivity index (χ1v) is 13.5. The van der Waals surface area contributed by atoms with Gasteiger partial charge in [-0.1, -0.05) is 31.5 Å². The zero-order valence-electron chi connectivity index (χ0n) is 21.1. The van der Waals surface area contributed by atoms with Gasteiger partial charge in [-0.15, -0.1) is 0 Å². The summed E-state index contributed by atoms with van der Waals surface area (Å²) in [6.45, 7) is 7.15. The van der Waals surface area contributed by atoms with Gasteiger partial charge in [0.25, 0.3) is 0 Å². The Kier molecular flexibility index (Phi) is 7.37. The minimum atomic E-state index is -4.01. The van der Waals surface area contributed by atoms with Gasteiger partial charge >= 0.3 is 5.97 Å². The van der Waals surface area contributed by atoms with Crippen LogP contribution >= 0.6 is 0 Å². The molecule has 0 saturated heterocycles. The van der Waals surface area contributed by atoms with E-state index < -0.39 is 16.0 Å². The molecule has 1 saturated carbocycles. The molecule has 10 nitrogen and oxygen atoms in total. The maximum Gasteiger partial charge on any atom is 0.356 e. The van der Waals surface area contributed by atoms with Gasteiger partial charge in [0, 0.05) is 23.2 Å².